The highest BCUT2D eigenvalue weighted by Gasteiger charge is 2.18. The summed E-state index contributed by atoms with van der Waals surface area (Å²) >= 11 is 11.9. The van der Waals surface area contributed by atoms with Crippen LogP contribution in [-0.2, 0) is 0 Å². The van der Waals surface area contributed by atoms with E-state index in [0.29, 0.717) is 21.3 Å². The Labute approximate surface area is 131 Å². The van der Waals surface area contributed by atoms with Gasteiger partial charge in [0.05, 0.1) is 10.7 Å². The molecule has 0 atom stereocenters. The van der Waals surface area contributed by atoms with E-state index in [2.05, 4.69) is 5.32 Å². The molecule has 0 radical (unpaired) electrons. The Balaban J connectivity index is 1.95. The molecule has 5 heteroatoms. The number of carbonyl (C=O) groups is 1. The standard InChI is InChI=1S/C16H11Cl2NO2/c1-9-11-4-2-3-5-14(11)21-15(9)16(20)19-13-7-6-10(17)8-12(13)18/h2-8H,1H3,(H,19,20). The lowest BCUT2D eigenvalue weighted by Gasteiger charge is -2.06. The molecule has 3 rings (SSSR count). The number of benzene rings is 2. The molecule has 3 aromatic rings. The molecule has 0 aliphatic carbocycles. The highest BCUT2D eigenvalue weighted by atomic mass is 35.5. The summed E-state index contributed by atoms with van der Waals surface area (Å²) in [5.41, 5.74) is 1.97. The molecule has 0 unspecified atom stereocenters. The highest BCUT2D eigenvalue weighted by molar-refractivity contribution is 6.36. The van der Waals surface area contributed by atoms with Gasteiger partial charge in [0.1, 0.15) is 5.58 Å². The number of hydrogen-bond donors (Lipinski definition) is 1. The fraction of sp³-hybridized carbons (Fsp3) is 0.0625. The minimum atomic E-state index is -0.340. The predicted molar refractivity (Wildman–Crippen MR) is 85.4 cm³/mol. The van der Waals surface area contributed by atoms with Crippen molar-refractivity contribution in [3.63, 3.8) is 0 Å². The fourth-order valence-electron chi connectivity index (χ4n) is 2.16. The molecule has 0 spiro atoms. The van der Waals surface area contributed by atoms with Crippen LogP contribution < -0.4 is 5.32 Å². The molecule has 0 fully saturated rings. The van der Waals surface area contributed by atoms with E-state index in [-0.39, 0.29) is 11.7 Å². The quantitative estimate of drug-likeness (QED) is 0.696. The molecule has 21 heavy (non-hydrogen) atoms. The zero-order chi connectivity index (χ0) is 15.0. The van der Waals surface area contributed by atoms with E-state index < -0.39 is 0 Å². The van der Waals surface area contributed by atoms with Crippen molar-refractivity contribution in [2.24, 2.45) is 0 Å². The zero-order valence-corrected chi connectivity index (χ0v) is 12.6. The smallest absolute Gasteiger partial charge is 0.291 e. The first-order chi connectivity index (χ1) is 10.1. The van der Waals surface area contributed by atoms with Crippen LogP contribution in [0.1, 0.15) is 16.1 Å². The van der Waals surface area contributed by atoms with Gasteiger partial charge in [-0.25, -0.2) is 0 Å². The zero-order valence-electron chi connectivity index (χ0n) is 11.1. The first-order valence-electron chi connectivity index (χ1n) is 6.31. The number of hydrogen-bond acceptors (Lipinski definition) is 2. The maximum Gasteiger partial charge on any atom is 0.291 e. The maximum absolute atomic E-state index is 12.3. The van der Waals surface area contributed by atoms with Crippen LogP contribution in [0.5, 0.6) is 0 Å². The lowest BCUT2D eigenvalue weighted by molar-refractivity contribution is 0.0998. The van der Waals surface area contributed by atoms with Crippen LogP contribution in [0, 0.1) is 6.92 Å². The van der Waals surface area contributed by atoms with Crippen molar-refractivity contribution < 1.29 is 9.21 Å². The van der Waals surface area contributed by atoms with Gasteiger partial charge >= 0.3 is 0 Å². The molecule has 0 bridgehead atoms. The number of furan rings is 1. The van der Waals surface area contributed by atoms with Gasteiger partial charge in [-0.1, -0.05) is 41.4 Å². The van der Waals surface area contributed by atoms with E-state index in [1.165, 1.54) is 0 Å². The van der Waals surface area contributed by atoms with Crippen molar-refractivity contribution in [2.75, 3.05) is 5.32 Å². The average Bonchev–Trinajstić information content (AvgIpc) is 2.80. The van der Waals surface area contributed by atoms with Crippen LogP contribution in [0.3, 0.4) is 0 Å². The third-order valence-electron chi connectivity index (χ3n) is 3.23. The Morgan fingerprint density at radius 3 is 2.62 bits per heavy atom. The summed E-state index contributed by atoms with van der Waals surface area (Å²) < 4.78 is 5.62. The number of rotatable bonds is 2. The Hall–Kier alpha value is -1.97. The average molecular weight is 320 g/mol. The Kier molecular flexibility index (Phi) is 3.62. The number of fused-ring (bicyclic) bond motifs is 1. The van der Waals surface area contributed by atoms with Gasteiger partial charge in [0.15, 0.2) is 5.76 Å². The minimum Gasteiger partial charge on any atom is -0.451 e. The van der Waals surface area contributed by atoms with Crippen LogP contribution in [0.2, 0.25) is 10.0 Å². The lowest BCUT2D eigenvalue weighted by Crippen LogP contribution is -2.12. The van der Waals surface area contributed by atoms with Gasteiger partial charge in [0.2, 0.25) is 0 Å². The SMILES string of the molecule is Cc1c(C(=O)Nc2ccc(Cl)cc2Cl)oc2ccccc12. The van der Waals surface area contributed by atoms with E-state index in [9.17, 15) is 4.79 Å². The molecule has 0 aliphatic heterocycles. The first-order valence-corrected chi connectivity index (χ1v) is 7.06. The van der Waals surface area contributed by atoms with Crippen LogP contribution >= 0.6 is 23.2 Å². The third-order valence-corrected chi connectivity index (χ3v) is 3.78. The van der Waals surface area contributed by atoms with Crippen molar-refractivity contribution in [3.8, 4) is 0 Å². The monoisotopic (exact) mass is 319 g/mol. The number of aryl methyl sites for hydroxylation is 1. The second-order valence-electron chi connectivity index (χ2n) is 4.63. The molecule has 2 aromatic carbocycles. The molecule has 3 nitrogen and oxygen atoms in total. The van der Waals surface area contributed by atoms with E-state index >= 15 is 0 Å². The topological polar surface area (TPSA) is 42.2 Å². The Morgan fingerprint density at radius 2 is 1.90 bits per heavy atom. The first kappa shape index (κ1) is 14.0. The van der Waals surface area contributed by atoms with E-state index in [1.807, 2.05) is 31.2 Å². The summed E-state index contributed by atoms with van der Waals surface area (Å²) in [7, 11) is 0. The third kappa shape index (κ3) is 2.62. The molecule has 1 aromatic heterocycles. The molecular weight excluding hydrogens is 309 g/mol. The van der Waals surface area contributed by atoms with Gasteiger partial charge in [0, 0.05) is 16.0 Å². The fourth-order valence-corrected chi connectivity index (χ4v) is 2.62. The molecular formula is C16H11Cl2NO2. The minimum absolute atomic E-state index is 0.280. The summed E-state index contributed by atoms with van der Waals surface area (Å²) in [5.74, 6) is -0.0601. The van der Waals surface area contributed by atoms with Gasteiger partial charge in [-0.05, 0) is 31.2 Å². The summed E-state index contributed by atoms with van der Waals surface area (Å²) in [4.78, 5) is 12.3. The van der Waals surface area contributed by atoms with Crippen molar-refractivity contribution in [1.29, 1.82) is 0 Å². The van der Waals surface area contributed by atoms with Crippen molar-refractivity contribution in [2.45, 2.75) is 6.92 Å². The van der Waals surface area contributed by atoms with Crippen molar-refractivity contribution in [3.05, 3.63) is 63.8 Å². The maximum atomic E-state index is 12.3. The number of anilines is 1. The normalized spacial score (nSPS) is 10.8. The molecule has 0 aliphatic rings. The van der Waals surface area contributed by atoms with E-state index in [0.717, 1.165) is 10.9 Å². The van der Waals surface area contributed by atoms with Gasteiger partial charge < -0.3 is 9.73 Å². The van der Waals surface area contributed by atoms with Crippen LogP contribution in [0.25, 0.3) is 11.0 Å². The molecule has 106 valence electrons. The Morgan fingerprint density at radius 1 is 1.14 bits per heavy atom. The van der Waals surface area contributed by atoms with Crippen molar-refractivity contribution in [1.82, 2.24) is 0 Å². The number of nitrogens with one attached hydrogen (secondary N) is 1. The highest BCUT2D eigenvalue weighted by Crippen LogP contribution is 2.28. The second kappa shape index (κ2) is 5.43. The lowest BCUT2D eigenvalue weighted by atomic mass is 10.1. The molecule has 1 amide bonds. The van der Waals surface area contributed by atoms with E-state index in [1.54, 1.807) is 18.2 Å². The number of amides is 1. The number of carbonyl (C=O) groups excluding carboxylic acids is 1. The van der Waals surface area contributed by atoms with Crippen LogP contribution in [0.15, 0.2) is 46.9 Å². The molecule has 0 saturated heterocycles. The summed E-state index contributed by atoms with van der Waals surface area (Å²) in [6.45, 7) is 1.85. The molecule has 1 heterocycles. The summed E-state index contributed by atoms with van der Waals surface area (Å²) in [6, 6.07) is 12.4. The van der Waals surface area contributed by atoms with Crippen LogP contribution in [0.4, 0.5) is 5.69 Å². The van der Waals surface area contributed by atoms with Gasteiger partial charge in [-0.15, -0.1) is 0 Å². The number of para-hydroxylation sites is 1. The van der Waals surface area contributed by atoms with Crippen LogP contribution in [-0.4, -0.2) is 5.91 Å². The van der Waals surface area contributed by atoms with Gasteiger partial charge in [-0.2, -0.15) is 0 Å². The summed E-state index contributed by atoms with van der Waals surface area (Å²) in [5, 5.41) is 4.54. The largest absolute Gasteiger partial charge is 0.451 e. The van der Waals surface area contributed by atoms with E-state index in [4.69, 9.17) is 27.6 Å². The molecule has 0 saturated carbocycles. The Bertz CT molecular complexity index is 839. The molecule has 1 N–H and O–H groups in total. The van der Waals surface area contributed by atoms with Gasteiger partial charge in [-0.3, -0.25) is 4.79 Å². The predicted octanol–water partition coefficient (Wildman–Crippen LogP) is 5.30. The second-order valence-corrected chi connectivity index (χ2v) is 5.47. The van der Waals surface area contributed by atoms with Gasteiger partial charge in [0.25, 0.3) is 5.91 Å². The number of halogens is 2. The van der Waals surface area contributed by atoms with Crippen molar-refractivity contribution >= 4 is 45.8 Å². The summed E-state index contributed by atoms with van der Waals surface area (Å²) in [6.07, 6.45) is 0.